The van der Waals surface area contributed by atoms with Crippen LogP contribution < -0.4 is 5.32 Å². The van der Waals surface area contributed by atoms with Crippen molar-refractivity contribution in [3.8, 4) is 0 Å². The van der Waals surface area contributed by atoms with Crippen LogP contribution in [0.2, 0.25) is 0 Å². The Kier molecular flexibility index (Phi) is 7.75. The van der Waals surface area contributed by atoms with Crippen molar-refractivity contribution in [2.75, 3.05) is 20.1 Å². The number of amides is 2. The molecule has 5 heteroatoms. The molecule has 5 nitrogen and oxygen atoms in total. The molecule has 2 amide bonds. The average Bonchev–Trinajstić information content (AvgIpc) is 2.24. The highest BCUT2D eigenvalue weighted by Crippen LogP contribution is 1.96. The molecule has 0 fully saturated rings. The standard InChI is InChI=1S/C14H24N2O3/c1-10(2)6-13(18)15-8-12(17)9-16(5)14(19)7-11(3)4/h6-7,12,17H,8-9H2,1-5H3,(H,15,18)/t12-/m0/s1. The van der Waals surface area contributed by atoms with E-state index in [0.717, 1.165) is 11.1 Å². The van der Waals surface area contributed by atoms with Crippen LogP contribution in [-0.2, 0) is 9.59 Å². The first-order valence-corrected chi connectivity index (χ1v) is 6.23. The van der Waals surface area contributed by atoms with Crippen molar-refractivity contribution >= 4 is 11.8 Å². The Labute approximate surface area is 115 Å². The molecule has 19 heavy (non-hydrogen) atoms. The van der Waals surface area contributed by atoms with Crippen LogP contribution in [0, 0.1) is 0 Å². The molecule has 2 N–H and O–H groups in total. The zero-order valence-electron chi connectivity index (χ0n) is 12.4. The van der Waals surface area contributed by atoms with Crippen LogP contribution in [0.4, 0.5) is 0 Å². The second-order valence-corrected chi connectivity index (χ2v) is 5.06. The Balaban J connectivity index is 4.15. The fourth-order valence-corrected chi connectivity index (χ4v) is 1.36. The highest BCUT2D eigenvalue weighted by molar-refractivity contribution is 5.88. The fraction of sp³-hybridized carbons (Fsp3) is 0.571. The van der Waals surface area contributed by atoms with Gasteiger partial charge in [0, 0.05) is 32.3 Å². The van der Waals surface area contributed by atoms with Crippen molar-refractivity contribution in [3.63, 3.8) is 0 Å². The van der Waals surface area contributed by atoms with Gasteiger partial charge in [0.2, 0.25) is 11.8 Å². The Hall–Kier alpha value is -1.62. The van der Waals surface area contributed by atoms with Gasteiger partial charge >= 0.3 is 0 Å². The predicted octanol–water partition coefficient (Wildman–Crippen LogP) is 0.854. The van der Waals surface area contributed by atoms with Gasteiger partial charge in [-0.15, -0.1) is 0 Å². The highest BCUT2D eigenvalue weighted by Gasteiger charge is 2.12. The quantitative estimate of drug-likeness (QED) is 0.702. The van der Waals surface area contributed by atoms with Crippen molar-refractivity contribution in [2.24, 2.45) is 0 Å². The predicted molar refractivity (Wildman–Crippen MR) is 75.5 cm³/mol. The second kappa shape index (κ2) is 8.48. The summed E-state index contributed by atoms with van der Waals surface area (Å²) in [4.78, 5) is 24.4. The number of hydrogen-bond donors (Lipinski definition) is 2. The van der Waals surface area contributed by atoms with Gasteiger partial charge in [0.25, 0.3) is 0 Å². The van der Waals surface area contributed by atoms with Crippen LogP contribution in [0.25, 0.3) is 0 Å². The Morgan fingerprint density at radius 1 is 1.16 bits per heavy atom. The number of likely N-dealkylation sites (N-methyl/N-ethyl adjacent to an activating group) is 1. The zero-order valence-corrected chi connectivity index (χ0v) is 12.4. The number of hydrogen-bond acceptors (Lipinski definition) is 3. The van der Waals surface area contributed by atoms with Gasteiger partial charge in [0.15, 0.2) is 0 Å². The first-order chi connectivity index (χ1) is 8.72. The molecule has 0 aliphatic rings. The monoisotopic (exact) mass is 268 g/mol. The van der Waals surface area contributed by atoms with E-state index in [0.29, 0.717) is 0 Å². The third kappa shape index (κ3) is 9.02. The molecule has 0 saturated carbocycles. The van der Waals surface area contributed by atoms with E-state index < -0.39 is 6.10 Å². The number of carbonyl (C=O) groups excluding carboxylic acids is 2. The summed E-state index contributed by atoms with van der Waals surface area (Å²) < 4.78 is 0. The lowest BCUT2D eigenvalue weighted by Gasteiger charge is -2.19. The van der Waals surface area contributed by atoms with Crippen molar-refractivity contribution in [1.29, 1.82) is 0 Å². The van der Waals surface area contributed by atoms with Gasteiger partial charge in [-0.25, -0.2) is 0 Å². The molecule has 0 radical (unpaired) electrons. The average molecular weight is 268 g/mol. The minimum absolute atomic E-state index is 0.120. The van der Waals surface area contributed by atoms with E-state index in [4.69, 9.17) is 0 Å². The molecule has 0 bridgehead atoms. The first kappa shape index (κ1) is 17.4. The molecule has 0 spiro atoms. The van der Waals surface area contributed by atoms with Gasteiger partial charge in [0.1, 0.15) is 0 Å². The van der Waals surface area contributed by atoms with Gasteiger partial charge in [-0.2, -0.15) is 0 Å². The van der Waals surface area contributed by atoms with Crippen molar-refractivity contribution in [3.05, 3.63) is 23.3 Å². The summed E-state index contributed by atoms with van der Waals surface area (Å²) in [5.74, 6) is -0.396. The van der Waals surface area contributed by atoms with Crippen LogP contribution in [0.1, 0.15) is 27.7 Å². The molecule has 0 rings (SSSR count). The molecular weight excluding hydrogens is 244 g/mol. The molecule has 0 aliphatic heterocycles. The van der Waals surface area contributed by atoms with Crippen LogP contribution in [0.5, 0.6) is 0 Å². The Morgan fingerprint density at radius 3 is 2.16 bits per heavy atom. The number of aliphatic hydroxyl groups is 1. The SMILES string of the molecule is CC(C)=CC(=O)NC[C@H](O)CN(C)C(=O)C=C(C)C. The van der Waals surface area contributed by atoms with Gasteiger partial charge < -0.3 is 15.3 Å². The molecule has 0 unspecified atom stereocenters. The largest absolute Gasteiger partial charge is 0.389 e. The van der Waals surface area contributed by atoms with Crippen LogP contribution in [-0.4, -0.2) is 48.1 Å². The minimum Gasteiger partial charge on any atom is -0.389 e. The molecule has 0 heterocycles. The van der Waals surface area contributed by atoms with Crippen molar-refractivity contribution in [2.45, 2.75) is 33.8 Å². The van der Waals surface area contributed by atoms with E-state index in [2.05, 4.69) is 5.32 Å². The molecule has 0 saturated heterocycles. The van der Waals surface area contributed by atoms with Crippen LogP contribution in [0.3, 0.4) is 0 Å². The summed E-state index contributed by atoms with van der Waals surface area (Å²) in [6.45, 7) is 7.61. The smallest absolute Gasteiger partial charge is 0.246 e. The van der Waals surface area contributed by atoms with Crippen molar-refractivity contribution in [1.82, 2.24) is 10.2 Å². The number of allylic oxidation sites excluding steroid dienone is 2. The molecule has 0 aliphatic carbocycles. The third-order valence-electron chi connectivity index (χ3n) is 2.20. The molecular formula is C14H24N2O3. The number of carbonyl (C=O) groups is 2. The van der Waals surface area contributed by atoms with Gasteiger partial charge in [-0.1, -0.05) is 11.1 Å². The molecule has 0 aromatic carbocycles. The minimum atomic E-state index is -0.783. The van der Waals surface area contributed by atoms with E-state index in [9.17, 15) is 14.7 Å². The van der Waals surface area contributed by atoms with Gasteiger partial charge in [-0.05, 0) is 27.7 Å². The topological polar surface area (TPSA) is 69.6 Å². The second-order valence-electron chi connectivity index (χ2n) is 5.06. The fourth-order valence-electron chi connectivity index (χ4n) is 1.36. The lowest BCUT2D eigenvalue weighted by Crippen LogP contribution is -2.40. The maximum absolute atomic E-state index is 11.6. The molecule has 1 atom stereocenters. The summed E-state index contributed by atoms with van der Waals surface area (Å²) in [5, 5.41) is 12.3. The number of nitrogens with zero attached hydrogens (tertiary/aromatic N) is 1. The number of rotatable bonds is 6. The summed E-state index contributed by atoms with van der Waals surface area (Å²) >= 11 is 0. The number of aliphatic hydroxyl groups excluding tert-OH is 1. The Bertz CT molecular complexity index is 378. The first-order valence-electron chi connectivity index (χ1n) is 6.23. The van der Waals surface area contributed by atoms with Crippen LogP contribution in [0.15, 0.2) is 23.3 Å². The number of nitrogens with one attached hydrogen (secondary N) is 1. The van der Waals surface area contributed by atoms with E-state index in [1.165, 1.54) is 17.1 Å². The lowest BCUT2D eigenvalue weighted by atomic mass is 10.2. The van der Waals surface area contributed by atoms with E-state index in [-0.39, 0.29) is 24.9 Å². The van der Waals surface area contributed by atoms with Gasteiger partial charge in [-0.3, -0.25) is 9.59 Å². The Morgan fingerprint density at radius 2 is 1.68 bits per heavy atom. The zero-order chi connectivity index (χ0) is 15.0. The van der Waals surface area contributed by atoms with E-state index >= 15 is 0 Å². The molecule has 0 aromatic rings. The third-order valence-corrected chi connectivity index (χ3v) is 2.20. The van der Waals surface area contributed by atoms with Gasteiger partial charge in [0.05, 0.1) is 6.10 Å². The van der Waals surface area contributed by atoms with E-state index in [1.807, 2.05) is 27.7 Å². The molecule has 108 valence electrons. The van der Waals surface area contributed by atoms with Crippen molar-refractivity contribution < 1.29 is 14.7 Å². The summed E-state index contributed by atoms with van der Waals surface area (Å²) in [7, 11) is 1.61. The normalized spacial score (nSPS) is 11.3. The summed E-state index contributed by atoms with van der Waals surface area (Å²) in [6.07, 6.45) is 2.19. The molecule has 0 aromatic heterocycles. The van der Waals surface area contributed by atoms with E-state index in [1.54, 1.807) is 7.05 Å². The van der Waals surface area contributed by atoms with Crippen LogP contribution >= 0.6 is 0 Å². The lowest BCUT2D eigenvalue weighted by molar-refractivity contribution is -0.126. The maximum Gasteiger partial charge on any atom is 0.246 e. The highest BCUT2D eigenvalue weighted by atomic mass is 16.3. The maximum atomic E-state index is 11.6. The summed E-state index contributed by atoms with van der Waals surface area (Å²) in [5.41, 5.74) is 1.80. The summed E-state index contributed by atoms with van der Waals surface area (Å²) in [6, 6.07) is 0.